The van der Waals surface area contributed by atoms with Gasteiger partial charge < -0.3 is 10.4 Å². The second-order valence-corrected chi connectivity index (χ2v) is 4.42. The average molecular weight is 259 g/mol. The number of nitrogens with one attached hydrogen (secondary N) is 1. The van der Waals surface area contributed by atoms with E-state index >= 15 is 0 Å². The first kappa shape index (κ1) is 13.1. The Labute approximate surface area is 110 Å². The standard InChI is InChI=1S/C15H14FNO2/c1-9-7-11(3-5-13(9)15(18)19)17-12-4-6-14(16)10(2)8-12/h3-8,17H,1-2H3,(H,18,19). The molecular formula is C15H14FNO2. The molecule has 4 heteroatoms. The highest BCUT2D eigenvalue weighted by Crippen LogP contribution is 2.21. The predicted molar refractivity (Wildman–Crippen MR) is 72.6 cm³/mol. The molecule has 0 aromatic heterocycles. The van der Waals surface area contributed by atoms with Crippen LogP contribution >= 0.6 is 0 Å². The fourth-order valence-corrected chi connectivity index (χ4v) is 1.87. The van der Waals surface area contributed by atoms with E-state index in [0.717, 1.165) is 11.4 Å². The third kappa shape index (κ3) is 2.91. The van der Waals surface area contributed by atoms with Gasteiger partial charge in [0.15, 0.2) is 0 Å². The summed E-state index contributed by atoms with van der Waals surface area (Å²) < 4.78 is 13.2. The molecule has 0 aliphatic heterocycles. The van der Waals surface area contributed by atoms with Gasteiger partial charge >= 0.3 is 5.97 Å². The predicted octanol–water partition coefficient (Wildman–Crippen LogP) is 3.88. The van der Waals surface area contributed by atoms with Gasteiger partial charge in [-0.1, -0.05) is 0 Å². The van der Waals surface area contributed by atoms with Crippen LogP contribution in [-0.2, 0) is 0 Å². The van der Waals surface area contributed by atoms with Gasteiger partial charge in [0, 0.05) is 11.4 Å². The summed E-state index contributed by atoms with van der Waals surface area (Å²) in [6.45, 7) is 3.43. The van der Waals surface area contributed by atoms with Crippen molar-refractivity contribution in [3.05, 3.63) is 58.9 Å². The second kappa shape index (κ2) is 5.10. The average Bonchev–Trinajstić information content (AvgIpc) is 2.33. The number of halogens is 1. The molecule has 2 aromatic carbocycles. The maximum atomic E-state index is 13.2. The van der Waals surface area contributed by atoms with E-state index in [0.29, 0.717) is 11.1 Å². The maximum Gasteiger partial charge on any atom is 0.335 e. The van der Waals surface area contributed by atoms with Crippen LogP contribution in [0.25, 0.3) is 0 Å². The van der Waals surface area contributed by atoms with Crippen LogP contribution in [0.1, 0.15) is 21.5 Å². The van der Waals surface area contributed by atoms with E-state index in [1.54, 1.807) is 44.2 Å². The molecule has 0 aliphatic carbocycles. The lowest BCUT2D eigenvalue weighted by atomic mass is 10.1. The van der Waals surface area contributed by atoms with Crippen LogP contribution in [0.15, 0.2) is 36.4 Å². The SMILES string of the molecule is Cc1cc(Nc2ccc(C(=O)O)c(C)c2)ccc1F. The quantitative estimate of drug-likeness (QED) is 0.879. The Morgan fingerprint density at radius 2 is 1.63 bits per heavy atom. The van der Waals surface area contributed by atoms with Crippen molar-refractivity contribution < 1.29 is 14.3 Å². The molecule has 0 heterocycles. The summed E-state index contributed by atoms with van der Waals surface area (Å²) in [6.07, 6.45) is 0. The number of carbonyl (C=O) groups is 1. The molecule has 2 aromatic rings. The largest absolute Gasteiger partial charge is 0.478 e. The zero-order chi connectivity index (χ0) is 14.0. The molecule has 0 unspecified atom stereocenters. The van der Waals surface area contributed by atoms with Crippen molar-refractivity contribution in [2.75, 3.05) is 5.32 Å². The Bertz CT molecular complexity index is 638. The summed E-state index contributed by atoms with van der Waals surface area (Å²) in [4.78, 5) is 10.9. The van der Waals surface area contributed by atoms with Crippen molar-refractivity contribution in [3.63, 3.8) is 0 Å². The molecule has 0 amide bonds. The van der Waals surface area contributed by atoms with Crippen LogP contribution < -0.4 is 5.32 Å². The number of rotatable bonds is 3. The van der Waals surface area contributed by atoms with Crippen LogP contribution in [0.4, 0.5) is 15.8 Å². The second-order valence-electron chi connectivity index (χ2n) is 4.42. The minimum Gasteiger partial charge on any atom is -0.478 e. The van der Waals surface area contributed by atoms with Gasteiger partial charge in [-0.15, -0.1) is 0 Å². The van der Waals surface area contributed by atoms with Gasteiger partial charge in [-0.2, -0.15) is 0 Å². The Kier molecular flexibility index (Phi) is 3.51. The van der Waals surface area contributed by atoms with Crippen LogP contribution in [-0.4, -0.2) is 11.1 Å². The van der Waals surface area contributed by atoms with E-state index in [-0.39, 0.29) is 11.4 Å². The number of hydrogen-bond acceptors (Lipinski definition) is 2. The number of aromatic carboxylic acids is 1. The summed E-state index contributed by atoms with van der Waals surface area (Å²) in [7, 11) is 0. The minimum atomic E-state index is -0.943. The summed E-state index contributed by atoms with van der Waals surface area (Å²) >= 11 is 0. The molecule has 0 saturated carbocycles. The molecule has 0 radical (unpaired) electrons. The molecule has 0 bridgehead atoms. The zero-order valence-electron chi connectivity index (χ0n) is 10.7. The third-order valence-electron chi connectivity index (χ3n) is 2.90. The van der Waals surface area contributed by atoms with Crippen LogP contribution in [0, 0.1) is 19.7 Å². The van der Waals surface area contributed by atoms with Gasteiger partial charge in [0.2, 0.25) is 0 Å². The van der Waals surface area contributed by atoms with Crippen LogP contribution in [0.2, 0.25) is 0 Å². The molecule has 2 rings (SSSR count). The fourth-order valence-electron chi connectivity index (χ4n) is 1.87. The lowest BCUT2D eigenvalue weighted by Gasteiger charge is -2.09. The Balaban J connectivity index is 2.26. The van der Waals surface area contributed by atoms with Crippen molar-refractivity contribution >= 4 is 17.3 Å². The van der Waals surface area contributed by atoms with E-state index in [9.17, 15) is 9.18 Å². The maximum absolute atomic E-state index is 13.2. The Morgan fingerprint density at radius 3 is 2.16 bits per heavy atom. The van der Waals surface area contributed by atoms with Gasteiger partial charge in [0.05, 0.1) is 5.56 Å². The first-order valence-electron chi connectivity index (χ1n) is 5.84. The molecule has 2 N–H and O–H groups in total. The van der Waals surface area contributed by atoms with E-state index in [4.69, 9.17) is 5.11 Å². The van der Waals surface area contributed by atoms with Gasteiger partial charge in [0.1, 0.15) is 5.82 Å². The lowest BCUT2D eigenvalue weighted by molar-refractivity contribution is 0.0696. The molecule has 0 aliphatic rings. The highest BCUT2D eigenvalue weighted by atomic mass is 19.1. The van der Waals surface area contributed by atoms with Crippen molar-refractivity contribution in [1.82, 2.24) is 0 Å². The molecule has 0 saturated heterocycles. The first-order valence-corrected chi connectivity index (χ1v) is 5.84. The van der Waals surface area contributed by atoms with Gasteiger partial charge in [-0.05, 0) is 61.4 Å². The number of carboxylic acid groups (broad SMARTS) is 1. The molecule has 0 spiro atoms. The smallest absolute Gasteiger partial charge is 0.335 e. The highest BCUT2D eigenvalue weighted by molar-refractivity contribution is 5.90. The van der Waals surface area contributed by atoms with Gasteiger partial charge in [-0.3, -0.25) is 0 Å². The van der Waals surface area contributed by atoms with E-state index < -0.39 is 5.97 Å². The van der Waals surface area contributed by atoms with Gasteiger partial charge in [-0.25, -0.2) is 9.18 Å². The monoisotopic (exact) mass is 259 g/mol. The molecule has 0 atom stereocenters. The van der Waals surface area contributed by atoms with Crippen molar-refractivity contribution in [2.45, 2.75) is 13.8 Å². The number of aryl methyl sites for hydroxylation is 2. The van der Waals surface area contributed by atoms with Crippen molar-refractivity contribution in [1.29, 1.82) is 0 Å². The van der Waals surface area contributed by atoms with Crippen LogP contribution in [0.3, 0.4) is 0 Å². The number of anilines is 2. The topological polar surface area (TPSA) is 49.3 Å². The molecule has 3 nitrogen and oxygen atoms in total. The highest BCUT2D eigenvalue weighted by Gasteiger charge is 2.07. The van der Waals surface area contributed by atoms with Crippen molar-refractivity contribution in [2.24, 2.45) is 0 Å². The fraction of sp³-hybridized carbons (Fsp3) is 0.133. The number of hydrogen-bond donors (Lipinski definition) is 2. The summed E-state index contributed by atoms with van der Waals surface area (Å²) in [5, 5.41) is 12.1. The first-order chi connectivity index (χ1) is 8.97. The minimum absolute atomic E-state index is 0.247. The summed E-state index contributed by atoms with van der Waals surface area (Å²) in [5.74, 6) is -1.19. The van der Waals surface area contributed by atoms with Gasteiger partial charge in [0.25, 0.3) is 0 Å². The molecule has 98 valence electrons. The number of carboxylic acids is 1. The Morgan fingerprint density at radius 1 is 1.05 bits per heavy atom. The Hall–Kier alpha value is -2.36. The molecular weight excluding hydrogens is 245 g/mol. The number of benzene rings is 2. The summed E-state index contributed by atoms with van der Waals surface area (Å²) in [5.41, 5.74) is 3.05. The van der Waals surface area contributed by atoms with E-state index in [1.165, 1.54) is 6.07 Å². The van der Waals surface area contributed by atoms with Crippen molar-refractivity contribution in [3.8, 4) is 0 Å². The molecule has 19 heavy (non-hydrogen) atoms. The normalized spacial score (nSPS) is 10.3. The van der Waals surface area contributed by atoms with E-state index in [1.807, 2.05) is 0 Å². The van der Waals surface area contributed by atoms with E-state index in [2.05, 4.69) is 5.32 Å². The summed E-state index contributed by atoms with van der Waals surface area (Å²) in [6, 6.07) is 9.74. The molecule has 0 fully saturated rings. The zero-order valence-corrected chi connectivity index (χ0v) is 10.7. The third-order valence-corrected chi connectivity index (χ3v) is 2.90. The lowest BCUT2D eigenvalue weighted by Crippen LogP contribution is -2.00. The van der Waals surface area contributed by atoms with Crippen LogP contribution in [0.5, 0.6) is 0 Å².